The van der Waals surface area contributed by atoms with Crippen molar-refractivity contribution < 1.29 is 38.2 Å². The van der Waals surface area contributed by atoms with E-state index in [2.05, 4.69) is 0 Å². The highest BCUT2D eigenvalue weighted by Crippen LogP contribution is 2.30. The molecule has 37 heavy (non-hydrogen) atoms. The maximum Gasteiger partial charge on any atom is 0.410 e. The third kappa shape index (κ3) is 10.7. The van der Waals surface area contributed by atoms with E-state index in [1.54, 1.807) is 39.5 Å². The zero-order valence-corrected chi connectivity index (χ0v) is 24.1. The molecular formula is C27H46N2O8. The van der Waals surface area contributed by atoms with E-state index in [1.165, 1.54) is 4.90 Å². The zero-order chi connectivity index (χ0) is 28.6. The summed E-state index contributed by atoms with van der Waals surface area (Å²) in [5.41, 5.74) is -2.23. The molecule has 10 heteroatoms. The van der Waals surface area contributed by atoms with Crippen LogP contribution >= 0.6 is 0 Å². The molecule has 0 bridgehead atoms. The molecule has 0 N–H and O–H groups in total. The molecule has 0 aromatic carbocycles. The molecule has 0 spiro atoms. The lowest BCUT2D eigenvalue weighted by Crippen LogP contribution is -2.39. The van der Waals surface area contributed by atoms with Gasteiger partial charge in [0.1, 0.15) is 22.4 Å². The summed E-state index contributed by atoms with van der Waals surface area (Å²) in [6.07, 6.45) is 0.801. The SMILES string of the molecule is CC1CCN(C(=O)OC(C)(C)C)CCC1=O.CCOC(=O)C1(C)CCN(C(=O)OC(C)(C)C)CCC1=O. The van der Waals surface area contributed by atoms with E-state index in [4.69, 9.17) is 14.2 Å². The Hall–Kier alpha value is -2.65. The van der Waals surface area contributed by atoms with Gasteiger partial charge in [0, 0.05) is 44.9 Å². The average molecular weight is 527 g/mol. The molecule has 2 amide bonds. The van der Waals surface area contributed by atoms with Crippen LogP contribution in [0.5, 0.6) is 0 Å². The Balaban J connectivity index is 0.000000384. The van der Waals surface area contributed by atoms with Crippen LogP contribution in [0.4, 0.5) is 9.59 Å². The molecule has 2 rings (SSSR count). The summed E-state index contributed by atoms with van der Waals surface area (Å²) in [7, 11) is 0. The minimum absolute atomic E-state index is 0.0624. The third-order valence-electron chi connectivity index (χ3n) is 6.15. The van der Waals surface area contributed by atoms with E-state index in [0.29, 0.717) is 26.1 Å². The van der Waals surface area contributed by atoms with E-state index in [-0.39, 0.29) is 49.6 Å². The van der Waals surface area contributed by atoms with Gasteiger partial charge >= 0.3 is 18.2 Å². The van der Waals surface area contributed by atoms with Gasteiger partial charge in [0.05, 0.1) is 6.61 Å². The Morgan fingerprint density at radius 1 is 0.865 bits per heavy atom. The Morgan fingerprint density at radius 2 is 1.35 bits per heavy atom. The number of Topliss-reactive ketones (excluding diaryl/α,β-unsaturated/α-hetero) is 2. The maximum atomic E-state index is 12.2. The van der Waals surface area contributed by atoms with Gasteiger partial charge in [-0.3, -0.25) is 14.4 Å². The van der Waals surface area contributed by atoms with Crippen LogP contribution in [0.1, 0.15) is 88.0 Å². The minimum atomic E-state index is -1.17. The molecule has 2 aliphatic rings. The first-order chi connectivity index (χ1) is 16.9. The van der Waals surface area contributed by atoms with E-state index < -0.39 is 28.7 Å². The average Bonchev–Trinajstić information content (AvgIpc) is 3.02. The topological polar surface area (TPSA) is 120 Å². The standard InChI is InChI=1S/C15H25NO5.C12H21NO3/c1-6-20-12(18)15(5)8-10-16(9-7-11(15)17)13(19)21-14(2,3)4;1-9-5-7-13(8-6-10(9)14)11(15)16-12(2,3)4/h6-10H2,1-5H3;9H,5-8H2,1-4H3. The molecule has 0 radical (unpaired) electrons. The van der Waals surface area contributed by atoms with Crippen LogP contribution in [0.3, 0.4) is 0 Å². The van der Waals surface area contributed by atoms with Crippen molar-refractivity contribution in [3.05, 3.63) is 0 Å². The van der Waals surface area contributed by atoms with E-state index in [1.807, 2.05) is 27.7 Å². The van der Waals surface area contributed by atoms with E-state index in [0.717, 1.165) is 6.42 Å². The van der Waals surface area contributed by atoms with Gasteiger partial charge in [-0.05, 0) is 68.2 Å². The molecule has 2 unspecified atom stereocenters. The molecule has 2 atom stereocenters. The fourth-order valence-electron chi connectivity index (χ4n) is 3.76. The Labute approximate surface area is 221 Å². The lowest BCUT2D eigenvalue weighted by molar-refractivity contribution is -0.159. The van der Waals surface area contributed by atoms with Crippen molar-refractivity contribution in [1.82, 2.24) is 9.80 Å². The van der Waals surface area contributed by atoms with Crippen molar-refractivity contribution >= 4 is 29.7 Å². The Bertz CT molecular complexity index is 842. The molecule has 2 saturated heterocycles. The summed E-state index contributed by atoms with van der Waals surface area (Å²) in [6, 6.07) is 0. The van der Waals surface area contributed by atoms with Crippen LogP contribution in [0.15, 0.2) is 0 Å². The first-order valence-electron chi connectivity index (χ1n) is 13.1. The van der Waals surface area contributed by atoms with Crippen molar-refractivity contribution in [1.29, 1.82) is 0 Å². The van der Waals surface area contributed by atoms with Gasteiger partial charge in [-0.25, -0.2) is 9.59 Å². The predicted octanol–water partition coefficient (Wildman–Crippen LogP) is 4.38. The van der Waals surface area contributed by atoms with Gasteiger partial charge in [-0.2, -0.15) is 0 Å². The summed E-state index contributed by atoms with van der Waals surface area (Å²) < 4.78 is 15.6. The smallest absolute Gasteiger partial charge is 0.410 e. The highest BCUT2D eigenvalue weighted by Gasteiger charge is 2.44. The van der Waals surface area contributed by atoms with Crippen LogP contribution in [-0.4, -0.2) is 83.5 Å². The highest BCUT2D eigenvalue weighted by atomic mass is 16.6. The van der Waals surface area contributed by atoms with Crippen molar-refractivity contribution in [2.45, 2.75) is 99.2 Å². The number of hydrogen-bond donors (Lipinski definition) is 0. The molecule has 0 saturated carbocycles. The number of amides is 2. The summed E-state index contributed by atoms with van der Waals surface area (Å²) in [4.78, 5) is 62.7. The van der Waals surface area contributed by atoms with Gasteiger partial charge in [0.15, 0.2) is 5.78 Å². The lowest BCUT2D eigenvalue weighted by atomic mass is 9.82. The molecule has 212 valence electrons. The predicted molar refractivity (Wildman–Crippen MR) is 138 cm³/mol. The van der Waals surface area contributed by atoms with E-state index >= 15 is 0 Å². The zero-order valence-electron chi connectivity index (χ0n) is 24.1. The molecule has 2 aliphatic heterocycles. The highest BCUT2D eigenvalue weighted by molar-refractivity contribution is 6.03. The number of carbonyl (C=O) groups excluding carboxylic acids is 5. The molecular weight excluding hydrogens is 480 g/mol. The number of nitrogens with zero attached hydrogens (tertiary/aromatic N) is 2. The van der Waals surface area contributed by atoms with Gasteiger partial charge in [-0.1, -0.05) is 6.92 Å². The Morgan fingerprint density at radius 3 is 1.84 bits per heavy atom. The van der Waals surface area contributed by atoms with Crippen LogP contribution in [-0.2, 0) is 28.6 Å². The number of carbonyl (C=O) groups is 5. The van der Waals surface area contributed by atoms with Crippen LogP contribution in [0.25, 0.3) is 0 Å². The number of hydrogen-bond acceptors (Lipinski definition) is 8. The molecule has 0 aromatic heterocycles. The molecule has 2 fully saturated rings. The molecule has 0 aliphatic carbocycles. The molecule has 10 nitrogen and oxygen atoms in total. The number of esters is 1. The summed E-state index contributed by atoms with van der Waals surface area (Å²) in [5, 5.41) is 0. The monoisotopic (exact) mass is 526 g/mol. The van der Waals surface area contributed by atoms with Crippen molar-refractivity contribution in [2.24, 2.45) is 11.3 Å². The van der Waals surface area contributed by atoms with Crippen molar-refractivity contribution in [3.63, 3.8) is 0 Å². The second kappa shape index (κ2) is 13.2. The van der Waals surface area contributed by atoms with Crippen molar-refractivity contribution in [3.8, 4) is 0 Å². The lowest BCUT2D eigenvalue weighted by Gasteiger charge is -2.27. The first kappa shape index (κ1) is 32.4. The van der Waals surface area contributed by atoms with E-state index in [9.17, 15) is 24.0 Å². The van der Waals surface area contributed by atoms with Crippen molar-refractivity contribution in [2.75, 3.05) is 32.8 Å². The number of ketones is 2. The van der Waals surface area contributed by atoms with Gasteiger partial charge < -0.3 is 24.0 Å². The fraction of sp³-hybridized carbons (Fsp3) is 0.815. The first-order valence-corrected chi connectivity index (χ1v) is 13.1. The summed E-state index contributed by atoms with van der Waals surface area (Å²) in [5.74, 6) is -0.397. The normalized spacial score (nSPS) is 23.2. The van der Waals surface area contributed by atoms with Crippen LogP contribution < -0.4 is 0 Å². The number of rotatable bonds is 2. The summed E-state index contributed by atoms with van der Waals surface area (Å²) >= 11 is 0. The minimum Gasteiger partial charge on any atom is -0.465 e. The quantitative estimate of drug-likeness (QED) is 0.295. The fourth-order valence-corrected chi connectivity index (χ4v) is 3.76. The second-order valence-electron chi connectivity index (χ2n) is 11.8. The Kier molecular flexibility index (Phi) is 11.6. The summed E-state index contributed by atoms with van der Waals surface area (Å²) in [6.45, 7) is 18.0. The number of likely N-dealkylation sites (tertiary alicyclic amines) is 2. The van der Waals surface area contributed by atoms with Crippen LogP contribution in [0.2, 0.25) is 0 Å². The second-order valence-corrected chi connectivity index (χ2v) is 11.8. The number of ether oxygens (including phenoxy) is 3. The largest absolute Gasteiger partial charge is 0.465 e. The maximum absolute atomic E-state index is 12.2. The van der Waals surface area contributed by atoms with Gasteiger partial charge in [-0.15, -0.1) is 0 Å². The third-order valence-corrected chi connectivity index (χ3v) is 6.15. The van der Waals surface area contributed by atoms with Gasteiger partial charge in [0.2, 0.25) is 0 Å². The molecule has 0 aromatic rings. The molecule has 2 heterocycles. The van der Waals surface area contributed by atoms with Crippen LogP contribution in [0, 0.1) is 11.3 Å². The van der Waals surface area contributed by atoms with Gasteiger partial charge in [0.25, 0.3) is 0 Å².